The van der Waals surface area contributed by atoms with Gasteiger partial charge < -0.3 is 10.6 Å². The molecule has 1 unspecified atom stereocenters. The molecule has 0 spiro atoms. The van der Waals surface area contributed by atoms with Crippen LogP contribution in [0, 0.1) is 0 Å². The van der Waals surface area contributed by atoms with E-state index >= 15 is 0 Å². The lowest BCUT2D eigenvalue weighted by Gasteiger charge is -2.23. The van der Waals surface area contributed by atoms with Crippen molar-refractivity contribution in [1.82, 2.24) is 9.88 Å². The van der Waals surface area contributed by atoms with Gasteiger partial charge >= 0.3 is 6.03 Å². The molecule has 2 aromatic rings. The largest absolute Gasteiger partial charge is 0.385 e. The first-order valence-corrected chi connectivity index (χ1v) is 6.31. The molecule has 100 valence electrons. The molecular weight excluding hydrogens is 252 g/mol. The SMILES string of the molecule is C=CCN1C(=O)N=C(N)C1c1cccc2cccnc12. The summed E-state index contributed by atoms with van der Waals surface area (Å²) in [6.07, 6.45) is 3.39. The van der Waals surface area contributed by atoms with Crippen molar-refractivity contribution in [2.75, 3.05) is 6.54 Å². The van der Waals surface area contributed by atoms with Gasteiger partial charge in [0.2, 0.25) is 0 Å². The maximum Gasteiger partial charge on any atom is 0.346 e. The third-order valence-electron chi connectivity index (χ3n) is 3.35. The maximum absolute atomic E-state index is 11.9. The third-order valence-corrected chi connectivity index (χ3v) is 3.35. The number of aromatic nitrogens is 1. The van der Waals surface area contributed by atoms with Crippen LogP contribution in [-0.2, 0) is 0 Å². The van der Waals surface area contributed by atoms with Gasteiger partial charge in [0.25, 0.3) is 0 Å². The average molecular weight is 266 g/mol. The standard InChI is InChI=1S/C15H14N4O/c1-2-9-19-13(14(16)18-15(19)20)11-7-3-5-10-6-4-8-17-12(10)11/h2-8,13H,1,9H2,(H2,16,18,20). The van der Waals surface area contributed by atoms with E-state index in [-0.39, 0.29) is 12.1 Å². The van der Waals surface area contributed by atoms with Gasteiger partial charge in [-0.15, -0.1) is 6.58 Å². The van der Waals surface area contributed by atoms with Gasteiger partial charge in [0, 0.05) is 23.7 Å². The van der Waals surface area contributed by atoms with Crippen molar-refractivity contribution in [2.45, 2.75) is 6.04 Å². The summed E-state index contributed by atoms with van der Waals surface area (Å²) in [4.78, 5) is 21.7. The zero-order valence-electron chi connectivity index (χ0n) is 10.9. The lowest BCUT2D eigenvalue weighted by molar-refractivity contribution is 0.213. The zero-order chi connectivity index (χ0) is 14.1. The Morgan fingerprint density at radius 1 is 1.35 bits per heavy atom. The number of urea groups is 1. The Morgan fingerprint density at radius 2 is 2.15 bits per heavy atom. The second kappa shape index (κ2) is 4.77. The van der Waals surface area contributed by atoms with Gasteiger partial charge in [-0.25, -0.2) is 4.79 Å². The van der Waals surface area contributed by atoms with Crippen LogP contribution in [0.2, 0.25) is 0 Å². The molecule has 5 nitrogen and oxygen atoms in total. The number of nitrogens with two attached hydrogens (primary N) is 1. The molecule has 0 saturated carbocycles. The molecule has 0 radical (unpaired) electrons. The number of hydrogen-bond acceptors (Lipinski definition) is 3. The van der Waals surface area contributed by atoms with Crippen LogP contribution < -0.4 is 5.73 Å². The molecule has 1 aliphatic heterocycles. The fraction of sp³-hybridized carbons (Fsp3) is 0.133. The van der Waals surface area contributed by atoms with Crippen molar-refractivity contribution in [3.05, 3.63) is 54.7 Å². The number of aliphatic imine (C=N–C) groups is 1. The summed E-state index contributed by atoms with van der Waals surface area (Å²) in [7, 11) is 0. The minimum absolute atomic E-state index is 0.301. The van der Waals surface area contributed by atoms with Crippen LogP contribution in [0.25, 0.3) is 10.9 Å². The number of amidine groups is 1. The van der Waals surface area contributed by atoms with E-state index < -0.39 is 0 Å². The smallest absolute Gasteiger partial charge is 0.346 e. The van der Waals surface area contributed by atoms with E-state index in [1.165, 1.54) is 0 Å². The van der Waals surface area contributed by atoms with Crippen molar-refractivity contribution in [1.29, 1.82) is 0 Å². The van der Waals surface area contributed by atoms with Crippen molar-refractivity contribution < 1.29 is 4.79 Å². The number of benzene rings is 1. The van der Waals surface area contributed by atoms with E-state index in [0.717, 1.165) is 16.5 Å². The zero-order valence-corrected chi connectivity index (χ0v) is 10.9. The topological polar surface area (TPSA) is 71.6 Å². The normalized spacial score (nSPS) is 18.4. The van der Waals surface area contributed by atoms with Crippen LogP contribution in [0.4, 0.5) is 4.79 Å². The molecule has 0 saturated heterocycles. The van der Waals surface area contributed by atoms with E-state index in [2.05, 4.69) is 16.6 Å². The number of fused-ring (bicyclic) bond motifs is 1. The number of para-hydroxylation sites is 1. The van der Waals surface area contributed by atoms with Crippen molar-refractivity contribution in [2.24, 2.45) is 10.7 Å². The van der Waals surface area contributed by atoms with Crippen molar-refractivity contribution in [3.8, 4) is 0 Å². The van der Waals surface area contributed by atoms with Gasteiger partial charge in [-0.2, -0.15) is 4.99 Å². The van der Waals surface area contributed by atoms with Crippen LogP contribution in [0.15, 0.2) is 54.2 Å². The fourth-order valence-corrected chi connectivity index (χ4v) is 2.50. The Bertz CT molecular complexity index is 717. The van der Waals surface area contributed by atoms with Crippen molar-refractivity contribution >= 4 is 22.8 Å². The second-order valence-electron chi connectivity index (χ2n) is 4.59. The quantitative estimate of drug-likeness (QED) is 0.866. The molecule has 0 aliphatic carbocycles. The van der Waals surface area contributed by atoms with Crippen LogP contribution in [0.5, 0.6) is 0 Å². The first-order valence-electron chi connectivity index (χ1n) is 6.31. The lowest BCUT2D eigenvalue weighted by atomic mass is 10.0. The number of carbonyl (C=O) groups excluding carboxylic acids is 1. The lowest BCUT2D eigenvalue weighted by Crippen LogP contribution is -2.33. The van der Waals surface area contributed by atoms with Gasteiger partial charge in [-0.05, 0) is 6.07 Å². The molecule has 2 heterocycles. The molecule has 2 N–H and O–H groups in total. The van der Waals surface area contributed by atoms with E-state index in [0.29, 0.717) is 12.4 Å². The van der Waals surface area contributed by atoms with Crippen LogP contribution in [0.1, 0.15) is 11.6 Å². The molecule has 1 aromatic carbocycles. The number of nitrogens with zero attached hydrogens (tertiary/aromatic N) is 3. The Kier molecular flexibility index (Phi) is 2.95. The number of pyridine rings is 1. The van der Waals surface area contributed by atoms with Crippen LogP contribution >= 0.6 is 0 Å². The fourth-order valence-electron chi connectivity index (χ4n) is 2.50. The first kappa shape index (κ1) is 12.3. The van der Waals surface area contributed by atoms with Gasteiger partial charge in [0.15, 0.2) is 0 Å². The van der Waals surface area contributed by atoms with Gasteiger partial charge in [-0.1, -0.05) is 30.3 Å². The number of carbonyl (C=O) groups is 1. The Morgan fingerprint density at radius 3 is 2.95 bits per heavy atom. The Balaban J connectivity index is 2.16. The summed E-state index contributed by atoms with van der Waals surface area (Å²) in [5.74, 6) is 0.301. The van der Waals surface area contributed by atoms with Crippen LogP contribution in [0.3, 0.4) is 0 Å². The highest BCUT2D eigenvalue weighted by molar-refractivity contribution is 6.05. The van der Waals surface area contributed by atoms with Gasteiger partial charge in [-0.3, -0.25) is 4.98 Å². The summed E-state index contributed by atoms with van der Waals surface area (Å²) < 4.78 is 0. The molecule has 3 rings (SSSR count). The van der Waals surface area contributed by atoms with Gasteiger partial charge in [0.05, 0.1) is 5.52 Å². The molecule has 2 amide bonds. The molecule has 0 fully saturated rings. The maximum atomic E-state index is 11.9. The summed E-state index contributed by atoms with van der Waals surface area (Å²) in [5, 5.41) is 1.01. The molecule has 20 heavy (non-hydrogen) atoms. The molecule has 1 atom stereocenters. The van der Waals surface area contributed by atoms with Crippen molar-refractivity contribution in [3.63, 3.8) is 0 Å². The molecule has 5 heteroatoms. The van der Waals surface area contributed by atoms with E-state index in [1.807, 2.05) is 30.3 Å². The van der Waals surface area contributed by atoms with Crippen LogP contribution in [-0.4, -0.2) is 28.3 Å². The highest BCUT2D eigenvalue weighted by Gasteiger charge is 2.34. The molecule has 1 aromatic heterocycles. The van der Waals surface area contributed by atoms with E-state index in [9.17, 15) is 4.79 Å². The number of rotatable bonds is 3. The Labute approximate surface area is 116 Å². The predicted molar refractivity (Wildman–Crippen MR) is 78.4 cm³/mol. The van der Waals surface area contributed by atoms with E-state index in [1.54, 1.807) is 17.2 Å². The number of hydrogen-bond donors (Lipinski definition) is 1. The molecule has 0 bridgehead atoms. The highest BCUT2D eigenvalue weighted by Crippen LogP contribution is 2.30. The third kappa shape index (κ3) is 1.84. The monoisotopic (exact) mass is 266 g/mol. The number of amides is 2. The Hall–Kier alpha value is -2.69. The molecule has 1 aliphatic rings. The first-order chi connectivity index (χ1) is 9.72. The average Bonchev–Trinajstić information content (AvgIpc) is 2.73. The predicted octanol–water partition coefficient (Wildman–Crippen LogP) is 2.25. The minimum atomic E-state index is -0.376. The van der Waals surface area contributed by atoms with E-state index in [4.69, 9.17) is 5.73 Å². The summed E-state index contributed by atoms with van der Waals surface area (Å²) in [6.45, 7) is 4.07. The summed E-state index contributed by atoms with van der Waals surface area (Å²) >= 11 is 0. The summed E-state index contributed by atoms with van der Waals surface area (Å²) in [5.41, 5.74) is 7.66. The summed E-state index contributed by atoms with van der Waals surface area (Å²) in [6, 6.07) is 8.99. The highest BCUT2D eigenvalue weighted by atomic mass is 16.2. The minimum Gasteiger partial charge on any atom is -0.385 e. The second-order valence-corrected chi connectivity index (χ2v) is 4.59. The van der Waals surface area contributed by atoms with Gasteiger partial charge in [0.1, 0.15) is 11.9 Å². The molecular formula is C15H14N4O.